The van der Waals surface area contributed by atoms with Gasteiger partial charge in [-0.1, -0.05) is 18.6 Å². The topological polar surface area (TPSA) is 15.8 Å². The molecule has 0 unspecified atom stereocenters. The molecule has 1 nitrogen and oxygen atoms in total. The lowest BCUT2D eigenvalue weighted by Crippen LogP contribution is -1.80. The molecule has 1 N–H and O–H groups in total. The predicted octanol–water partition coefficient (Wildman–Crippen LogP) is 3.24. The number of hydrogen-bond donors (Lipinski definition) is 1. The minimum Gasteiger partial charge on any atom is -0.361 e. The van der Waals surface area contributed by atoms with E-state index in [1.807, 2.05) is 0 Å². The maximum absolute atomic E-state index is 3.88. The van der Waals surface area contributed by atoms with E-state index >= 15 is 0 Å². The van der Waals surface area contributed by atoms with Crippen LogP contribution in [0.2, 0.25) is 0 Å². The first-order valence-electron chi connectivity index (χ1n) is 4.67. The van der Waals surface area contributed by atoms with E-state index in [4.69, 9.17) is 0 Å². The van der Waals surface area contributed by atoms with Crippen LogP contribution in [0, 0.1) is 13.8 Å². The van der Waals surface area contributed by atoms with Crippen molar-refractivity contribution >= 4 is 10.9 Å². The second-order valence-corrected chi connectivity index (χ2v) is 3.47. The minimum absolute atomic E-state index is 0.959. The van der Waals surface area contributed by atoms with Crippen LogP contribution in [0.15, 0.2) is 24.4 Å². The average Bonchev–Trinajstić information content (AvgIpc) is 2.49. The van der Waals surface area contributed by atoms with E-state index < -0.39 is 0 Å². The fourth-order valence-electron chi connectivity index (χ4n) is 1.69. The van der Waals surface area contributed by atoms with Crippen LogP contribution in [-0.2, 0) is 6.42 Å². The lowest BCUT2D eigenvalue weighted by Gasteiger charge is -1.96. The minimum atomic E-state index is 0.959. The van der Waals surface area contributed by atoms with Crippen molar-refractivity contribution in [3.8, 4) is 0 Å². The quantitative estimate of drug-likeness (QED) is 0.715. The second-order valence-electron chi connectivity index (χ2n) is 3.47. The molecular formula is C12H14N. The number of H-pyrrole nitrogens is 1. The highest BCUT2D eigenvalue weighted by atomic mass is 14.7. The Hall–Kier alpha value is -1.24. The van der Waals surface area contributed by atoms with Crippen LogP contribution in [0.1, 0.15) is 17.5 Å². The highest BCUT2D eigenvalue weighted by Crippen LogP contribution is 2.20. The third-order valence-electron chi connectivity index (χ3n) is 2.37. The Bertz CT molecular complexity index is 412. The van der Waals surface area contributed by atoms with Crippen molar-refractivity contribution in [2.24, 2.45) is 0 Å². The zero-order valence-electron chi connectivity index (χ0n) is 7.93. The van der Waals surface area contributed by atoms with Crippen LogP contribution in [0.25, 0.3) is 10.9 Å². The summed E-state index contributed by atoms with van der Waals surface area (Å²) in [5.41, 5.74) is 3.93. The number of benzene rings is 1. The van der Waals surface area contributed by atoms with Crippen LogP contribution in [0.5, 0.6) is 0 Å². The fraction of sp³-hybridized carbons (Fsp3) is 0.250. The Labute approximate surface area is 78.8 Å². The van der Waals surface area contributed by atoms with Crippen molar-refractivity contribution in [1.82, 2.24) is 4.98 Å². The molecule has 0 aliphatic carbocycles. The molecule has 1 heterocycles. The fourth-order valence-corrected chi connectivity index (χ4v) is 1.69. The third-order valence-corrected chi connectivity index (χ3v) is 2.37. The summed E-state index contributed by atoms with van der Waals surface area (Å²) in [6.07, 6.45) is 4.11. The standard InChI is InChI=1S/C12H14N/c1-3-4-10-8-13-12-6-5-9(2)7-11(10)12/h5-8,13H,1,3-4H2,2H3. The Balaban J connectivity index is 2.58. The van der Waals surface area contributed by atoms with Gasteiger partial charge in [0.25, 0.3) is 0 Å². The molecule has 0 atom stereocenters. The third kappa shape index (κ3) is 1.46. The van der Waals surface area contributed by atoms with Crippen LogP contribution in [0.3, 0.4) is 0 Å². The molecule has 0 saturated carbocycles. The van der Waals surface area contributed by atoms with Crippen LogP contribution in [0.4, 0.5) is 0 Å². The van der Waals surface area contributed by atoms with Gasteiger partial charge in [0.2, 0.25) is 0 Å². The molecule has 13 heavy (non-hydrogen) atoms. The Morgan fingerprint density at radius 3 is 3.00 bits per heavy atom. The second kappa shape index (κ2) is 3.25. The number of aromatic nitrogens is 1. The van der Waals surface area contributed by atoms with Gasteiger partial charge in [-0.15, -0.1) is 0 Å². The van der Waals surface area contributed by atoms with Gasteiger partial charge >= 0.3 is 0 Å². The number of aromatic amines is 1. The summed E-state index contributed by atoms with van der Waals surface area (Å²) in [6, 6.07) is 6.50. The largest absolute Gasteiger partial charge is 0.361 e. The number of aryl methyl sites for hydroxylation is 2. The van der Waals surface area contributed by atoms with Gasteiger partial charge in [0.05, 0.1) is 0 Å². The summed E-state index contributed by atoms with van der Waals surface area (Å²) < 4.78 is 0. The first kappa shape index (κ1) is 8.36. The molecule has 0 saturated heterocycles. The van der Waals surface area contributed by atoms with Gasteiger partial charge < -0.3 is 4.98 Å². The van der Waals surface area contributed by atoms with Crippen LogP contribution < -0.4 is 0 Å². The zero-order chi connectivity index (χ0) is 9.26. The van der Waals surface area contributed by atoms with Crippen molar-refractivity contribution in [1.29, 1.82) is 0 Å². The smallest absolute Gasteiger partial charge is 0.0456 e. The molecule has 1 radical (unpaired) electrons. The summed E-state index contributed by atoms with van der Waals surface area (Å²) in [5.74, 6) is 0. The summed E-state index contributed by atoms with van der Waals surface area (Å²) >= 11 is 0. The Kier molecular flexibility index (Phi) is 2.09. The SMILES string of the molecule is [CH2]CCc1c[nH]c2ccc(C)cc12. The normalized spacial score (nSPS) is 10.9. The van der Waals surface area contributed by atoms with Gasteiger partial charge in [-0.2, -0.15) is 0 Å². The molecule has 0 fully saturated rings. The molecule has 0 bridgehead atoms. The monoisotopic (exact) mass is 172 g/mol. The highest BCUT2D eigenvalue weighted by Gasteiger charge is 2.01. The lowest BCUT2D eigenvalue weighted by molar-refractivity contribution is 1.01. The average molecular weight is 172 g/mol. The molecule has 2 rings (SSSR count). The van der Waals surface area contributed by atoms with Crippen molar-refractivity contribution < 1.29 is 0 Å². The molecule has 2 aromatic rings. The van der Waals surface area contributed by atoms with E-state index in [1.54, 1.807) is 0 Å². The maximum atomic E-state index is 3.88. The van der Waals surface area contributed by atoms with Crippen LogP contribution in [-0.4, -0.2) is 4.98 Å². The van der Waals surface area contributed by atoms with E-state index in [0.29, 0.717) is 0 Å². The molecule has 0 amide bonds. The summed E-state index contributed by atoms with van der Waals surface area (Å²) in [5, 5.41) is 1.35. The van der Waals surface area contributed by atoms with E-state index in [2.05, 4.69) is 43.2 Å². The number of fused-ring (bicyclic) bond motifs is 1. The van der Waals surface area contributed by atoms with E-state index in [9.17, 15) is 0 Å². The van der Waals surface area contributed by atoms with Gasteiger partial charge in [-0.05, 0) is 37.5 Å². The van der Waals surface area contributed by atoms with Gasteiger partial charge in [0.15, 0.2) is 0 Å². The predicted molar refractivity (Wildman–Crippen MR) is 56.7 cm³/mol. The zero-order valence-corrected chi connectivity index (χ0v) is 7.93. The molecule has 67 valence electrons. The lowest BCUT2D eigenvalue weighted by atomic mass is 10.1. The molecular weight excluding hydrogens is 158 g/mol. The van der Waals surface area contributed by atoms with Crippen molar-refractivity contribution in [3.05, 3.63) is 42.4 Å². The van der Waals surface area contributed by atoms with Gasteiger partial charge in [0, 0.05) is 17.1 Å². The first-order chi connectivity index (χ1) is 6.31. The molecule has 1 heteroatoms. The number of hydrogen-bond acceptors (Lipinski definition) is 0. The maximum Gasteiger partial charge on any atom is 0.0456 e. The Morgan fingerprint density at radius 1 is 1.38 bits per heavy atom. The summed E-state index contributed by atoms with van der Waals surface area (Å²) in [6.45, 7) is 6.00. The molecule has 0 aliphatic rings. The molecule has 1 aromatic carbocycles. The number of nitrogens with one attached hydrogen (secondary N) is 1. The van der Waals surface area contributed by atoms with Crippen molar-refractivity contribution in [3.63, 3.8) is 0 Å². The summed E-state index contributed by atoms with van der Waals surface area (Å²) in [4.78, 5) is 3.27. The first-order valence-corrected chi connectivity index (χ1v) is 4.67. The van der Waals surface area contributed by atoms with E-state index in [-0.39, 0.29) is 0 Å². The van der Waals surface area contributed by atoms with Crippen LogP contribution >= 0.6 is 0 Å². The van der Waals surface area contributed by atoms with Crippen molar-refractivity contribution in [2.45, 2.75) is 19.8 Å². The Morgan fingerprint density at radius 2 is 2.23 bits per heavy atom. The van der Waals surface area contributed by atoms with Crippen molar-refractivity contribution in [2.75, 3.05) is 0 Å². The number of rotatable bonds is 2. The molecule has 0 aliphatic heterocycles. The van der Waals surface area contributed by atoms with Gasteiger partial charge in [-0.3, -0.25) is 0 Å². The van der Waals surface area contributed by atoms with E-state index in [0.717, 1.165) is 12.8 Å². The van der Waals surface area contributed by atoms with E-state index in [1.165, 1.54) is 22.0 Å². The van der Waals surface area contributed by atoms with Gasteiger partial charge in [-0.25, -0.2) is 0 Å². The van der Waals surface area contributed by atoms with Gasteiger partial charge in [0.1, 0.15) is 0 Å². The summed E-state index contributed by atoms with van der Waals surface area (Å²) in [7, 11) is 0. The molecule has 0 spiro atoms. The highest BCUT2D eigenvalue weighted by molar-refractivity contribution is 5.83. The molecule has 1 aromatic heterocycles.